The normalized spacial score (nSPS) is 10.4. The Bertz CT molecular complexity index is 531. The Labute approximate surface area is 126 Å². The van der Waals surface area contributed by atoms with Crippen LogP contribution in [0.5, 0.6) is 0 Å². The van der Waals surface area contributed by atoms with Crippen molar-refractivity contribution in [1.29, 1.82) is 0 Å². The van der Waals surface area contributed by atoms with Crippen molar-refractivity contribution >= 4 is 59.8 Å². The van der Waals surface area contributed by atoms with Crippen LogP contribution in [0.25, 0.3) is 0 Å². The molecule has 0 radical (unpaired) electrons. The van der Waals surface area contributed by atoms with Crippen LogP contribution in [0.4, 0.5) is 0 Å². The summed E-state index contributed by atoms with van der Waals surface area (Å²) in [5.41, 5.74) is -1.37. The first-order chi connectivity index (χ1) is 7.21. The molecular weight excluding hydrogens is 280 g/mol. The van der Waals surface area contributed by atoms with E-state index in [-0.39, 0.29) is 37.7 Å². The first-order valence-corrected chi connectivity index (χ1v) is 5.21. The standard InChI is InChI=1S/C8H6O7S.Ca/c9-7(10)4-1-5(8(11)12)3-6(2-4)16(13,14)15;/h1-3H,(H,9,10)(H,11,12)(H,13,14,15);/q;+2/p-2. The van der Waals surface area contributed by atoms with Crippen molar-refractivity contribution in [3.05, 3.63) is 29.3 Å². The molecule has 1 rings (SSSR count). The molecule has 0 aliphatic carbocycles. The minimum atomic E-state index is -4.70. The third kappa shape index (κ3) is 4.25. The average molecular weight is 284 g/mol. The van der Waals surface area contributed by atoms with Gasteiger partial charge in [0.1, 0.15) is 0 Å². The maximum atomic E-state index is 10.7. The van der Waals surface area contributed by atoms with Gasteiger partial charge >= 0.3 is 37.7 Å². The molecule has 0 heterocycles. The molecule has 0 fully saturated rings. The van der Waals surface area contributed by atoms with Crippen LogP contribution in [-0.2, 0) is 10.1 Å². The quantitative estimate of drug-likeness (QED) is 0.470. The first kappa shape index (κ1) is 16.3. The maximum Gasteiger partial charge on any atom is 2.00 e. The predicted octanol–water partition coefficient (Wildman–Crippen LogP) is -2.72. The number of carbonyl (C=O) groups is 2. The maximum absolute atomic E-state index is 10.7. The van der Waals surface area contributed by atoms with E-state index in [1.807, 2.05) is 0 Å². The summed E-state index contributed by atoms with van der Waals surface area (Å²) in [7, 11) is -4.70. The third-order valence-corrected chi connectivity index (χ3v) is 2.51. The zero-order valence-corrected chi connectivity index (χ0v) is 11.3. The Kier molecular flexibility index (Phi) is 5.56. The smallest absolute Gasteiger partial charge is 0.545 e. The molecule has 0 atom stereocenters. The summed E-state index contributed by atoms with van der Waals surface area (Å²) in [6.45, 7) is 0. The van der Waals surface area contributed by atoms with Crippen molar-refractivity contribution in [1.82, 2.24) is 0 Å². The fourth-order valence-corrected chi connectivity index (χ4v) is 1.54. The van der Waals surface area contributed by atoms with Gasteiger partial charge < -0.3 is 19.8 Å². The van der Waals surface area contributed by atoms with Crippen LogP contribution in [0.3, 0.4) is 0 Å². The summed E-state index contributed by atoms with van der Waals surface area (Å²) in [4.78, 5) is 20.1. The van der Waals surface area contributed by atoms with Gasteiger partial charge in [-0.2, -0.15) is 8.42 Å². The second-order valence-corrected chi connectivity index (χ2v) is 4.22. The van der Waals surface area contributed by atoms with Gasteiger partial charge in [-0.1, -0.05) is 0 Å². The summed E-state index contributed by atoms with van der Waals surface area (Å²) >= 11 is 0. The Morgan fingerprint density at radius 3 is 1.59 bits per heavy atom. The second-order valence-electron chi connectivity index (χ2n) is 2.80. The molecule has 17 heavy (non-hydrogen) atoms. The molecule has 0 aliphatic rings. The molecular formula is C8H4CaO7S. The minimum Gasteiger partial charge on any atom is -0.545 e. The number of benzene rings is 1. The molecule has 86 valence electrons. The predicted molar refractivity (Wildman–Crippen MR) is 50.7 cm³/mol. The van der Waals surface area contributed by atoms with Gasteiger partial charge in [0.05, 0.1) is 16.8 Å². The van der Waals surface area contributed by atoms with Crippen LogP contribution < -0.4 is 10.2 Å². The van der Waals surface area contributed by atoms with Gasteiger partial charge in [0.15, 0.2) is 0 Å². The number of hydrogen-bond acceptors (Lipinski definition) is 6. The Morgan fingerprint density at radius 2 is 1.35 bits per heavy atom. The van der Waals surface area contributed by atoms with E-state index in [4.69, 9.17) is 4.55 Å². The molecule has 0 aliphatic heterocycles. The Balaban J connectivity index is 0.00000256. The SMILES string of the molecule is O=C([O-])c1cc(C(=O)[O-])cc(S(=O)(=O)O)c1.[Ca+2]. The van der Waals surface area contributed by atoms with E-state index in [0.717, 1.165) is 0 Å². The first-order valence-electron chi connectivity index (χ1n) is 3.77. The summed E-state index contributed by atoms with van der Waals surface area (Å²) in [5.74, 6) is -3.54. The summed E-state index contributed by atoms with van der Waals surface area (Å²) < 4.78 is 30.1. The van der Waals surface area contributed by atoms with Crippen molar-refractivity contribution in [3.63, 3.8) is 0 Å². The van der Waals surface area contributed by atoms with Crippen LogP contribution in [0.2, 0.25) is 0 Å². The van der Waals surface area contributed by atoms with Crippen LogP contribution >= 0.6 is 0 Å². The summed E-state index contributed by atoms with van der Waals surface area (Å²) in [6, 6.07) is 1.83. The molecule has 0 unspecified atom stereocenters. The molecule has 7 nitrogen and oxygen atoms in total. The van der Waals surface area contributed by atoms with Crippen molar-refractivity contribution < 1.29 is 32.8 Å². The van der Waals surface area contributed by atoms with E-state index in [9.17, 15) is 28.2 Å². The van der Waals surface area contributed by atoms with Crippen molar-refractivity contribution in [3.8, 4) is 0 Å². The summed E-state index contributed by atoms with van der Waals surface area (Å²) in [6.07, 6.45) is 0. The Morgan fingerprint density at radius 1 is 1.00 bits per heavy atom. The average Bonchev–Trinajstić information content (AvgIpc) is 2.15. The number of rotatable bonds is 3. The fourth-order valence-electron chi connectivity index (χ4n) is 0.984. The van der Waals surface area contributed by atoms with Crippen LogP contribution in [0.1, 0.15) is 20.7 Å². The Hall–Kier alpha value is -0.670. The summed E-state index contributed by atoms with van der Waals surface area (Å²) in [5, 5.41) is 20.9. The monoisotopic (exact) mass is 284 g/mol. The zero-order valence-electron chi connectivity index (χ0n) is 8.24. The largest absolute Gasteiger partial charge is 2.00 e. The van der Waals surface area contributed by atoms with E-state index in [1.54, 1.807) is 0 Å². The van der Waals surface area contributed by atoms with Gasteiger partial charge in [0.25, 0.3) is 10.1 Å². The van der Waals surface area contributed by atoms with E-state index in [1.165, 1.54) is 0 Å². The fraction of sp³-hybridized carbons (Fsp3) is 0. The van der Waals surface area contributed by atoms with Crippen molar-refractivity contribution in [2.75, 3.05) is 0 Å². The van der Waals surface area contributed by atoms with E-state index >= 15 is 0 Å². The van der Waals surface area contributed by atoms with Gasteiger partial charge in [0.2, 0.25) is 0 Å². The molecule has 0 saturated heterocycles. The van der Waals surface area contributed by atoms with Crippen molar-refractivity contribution in [2.24, 2.45) is 0 Å². The molecule has 1 N–H and O–H groups in total. The number of carbonyl (C=O) groups excluding carboxylic acids is 2. The molecule has 0 saturated carbocycles. The van der Waals surface area contributed by atoms with Gasteiger partial charge in [-0.15, -0.1) is 0 Å². The molecule has 1 aromatic rings. The topological polar surface area (TPSA) is 135 Å². The van der Waals surface area contributed by atoms with Crippen LogP contribution in [0.15, 0.2) is 23.1 Å². The minimum absolute atomic E-state index is 0. The molecule has 1 aromatic carbocycles. The third-order valence-electron chi connectivity index (χ3n) is 1.68. The van der Waals surface area contributed by atoms with Gasteiger partial charge in [0, 0.05) is 0 Å². The van der Waals surface area contributed by atoms with Gasteiger partial charge in [-0.05, 0) is 29.3 Å². The number of carboxylic acids is 2. The van der Waals surface area contributed by atoms with Gasteiger partial charge in [-0.25, -0.2) is 0 Å². The number of hydrogen-bond donors (Lipinski definition) is 1. The van der Waals surface area contributed by atoms with E-state index in [2.05, 4.69) is 0 Å². The molecule has 0 amide bonds. The van der Waals surface area contributed by atoms with Crippen LogP contribution in [0, 0.1) is 0 Å². The molecule has 9 heteroatoms. The van der Waals surface area contributed by atoms with Crippen molar-refractivity contribution in [2.45, 2.75) is 4.90 Å². The number of carboxylic acid groups (broad SMARTS) is 2. The van der Waals surface area contributed by atoms with E-state index < -0.39 is 38.1 Å². The van der Waals surface area contributed by atoms with Crippen LogP contribution in [-0.4, -0.2) is 62.6 Å². The molecule has 0 bridgehead atoms. The van der Waals surface area contributed by atoms with E-state index in [0.29, 0.717) is 18.2 Å². The zero-order chi connectivity index (χ0) is 12.5. The van der Waals surface area contributed by atoms with Gasteiger partial charge in [-0.3, -0.25) is 4.55 Å². The number of aromatic carboxylic acids is 2. The second kappa shape index (κ2) is 5.78. The molecule has 0 spiro atoms. The molecule has 0 aromatic heterocycles.